The Hall–Kier alpha value is -2.61. The first-order valence-electron chi connectivity index (χ1n) is 8.33. The van der Waals surface area contributed by atoms with Gasteiger partial charge >= 0.3 is 0 Å². The van der Waals surface area contributed by atoms with Crippen LogP contribution in [0.2, 0.25) is 5.02 Å². The maximum atomic E-state index is 9.40. The zero-order chi connectivity index (χ0) is 19.2. The number of hydrogen-bond donors (Lipinski definition) is 0. The molecule has 0 aliphatic rings. The lowest BCUT2D eigenvalue weighted by Crippen LogP contribution is -1.97. The zero-order valence-corrected chi connectivity index (χ0v) is 16.6. The largest absolute Gasteiger partial charge is 0.493 e. The van der Waals surface area contributed by atoms with Crippen LogP contribution in [0.5, 0.6) is 11.5 Å². The molecule has 0 heterocycles. The van der Waals surface area contributed by atoms with Gasteiger partial charge in [0.25, 0.3) is 0 Å². The lowest BCUT2D eigenvalue weighted by atomic mass is 10.1. The summed E-state index contributed by atoms with van der Waals surface area (Å²) >= 11 is 7.57. The van der Waals surface area contributed by atoms with Gasteiger partial charge in [0.05, 0.1) is 12.7 Å². The maximum absolute atomic E-state index is 9.40. The summed E-state index contributed by atoms with van der Waals surface area (Å²) in [4.78, 5) is 1.85. The van der Waals surface area contributed by atoms with Crippen molar-refractivity contribution in [1.82, 2.24) is 0 Å². The van der Waals surface area contributed by atoms with Gasteiger partial charge in [-0.2, -0.15) is 5.26 Å². The molecule has 0 aliphatic heterocycles. The summed E-state index contributed by atoms with van der Waals surface area (Å²) in [5, 5.41) is 9.97. The van der Waals surface area contributed by atoms with Gasteiger partial charge in [0.1, 0.15) is 12.7 Å². The van der Waals surface area contributed by atoms with Crippen LogP contribution >= 0.6 is 23.4 Å². The predicted octanol–water partition coefficient (Wildman–Crippen LogP) is 6.26. The van der Waals surface area contributed by atoms with Crippen LogP contribution < -0.4 is 9.47 Å². The smallest absolute Gasteiger partial charge is 0.161 e. The standard InChI is InChI=1S/C22H18ClNO2S/c1-15-10-18(23)11-17(13-24)22(15)27-19-8-9-20(21(12-19)25-2)26-14-16-6-4-3-5-7-16/h3-12H,14H2,1-2H3. The molecular formula is C22H18ClNO2S. The molecule has 0 amide bonds. The van der Waals surface area contributed by atoms with Crippen LogP contribution in [-0.4, -0.2) is 7.11 Å². The molecular weight excluding hydrogens is 378 g/mol. The van der Waals surface area contributed by atoms with E-state index in [4.69, 9.17) is 21.1 Å². The molecule has 3 nitrogen and oxygen atoms in total. The van der Waals surface area contributed by atoms with Crippen molar-refractivity contribution in [3.05, 3.63) is 82.4 Å². The number of hydrogen-bond acceptors (Lipinski definition) is 4. The highest BCUT2D eigenvalue weighted by atomic mass is 35.5. The van der Waals surface area contributed by atoms with Crippen LogP contribution in [0.3, 0.4) is 0 Å². The quantitative estimate of drug-likeness (QED) is 0.494. The van der Waals surface area contributed by atoms with E-state index in [9.17, 15) is 5.26 Å². The third-order valence-corrected chi connectivity index (χ3v) is 5.41. The first-order valence-corrected chi connectivity index (χ1v) is 9.53. The molecule has 3 aromatic carbocycles. The zero-order valence-electron chi connectivity index (χ0n) is 15.0. The fourth-order valence-electron chi connectivity index (χ4n) is 2.63. The van der Waals surface area contributed by atoms with E-state index in [0.29, 0.717) is 28.7 Å². The average molecular weight is 396 g/mol. The van der Waals surface area contributed by atoms with Crippen LogP contribution in [0.15, 0.2) is 70.5 Å². The maximum Gasteiger partial charge on any atom is 0.161 e. The Morgan fingerprint density at radius 2 is 1.81 bits per heavy atom. The molecule has 0 fully saturated rings. The summed E-state index contributed by atoms with van der Waals surface area (Å²) in [6, 6.07) is 21.5. The fourth-order valence-corrected chi connectivity index (χ4v) is 3.88. The van der Waals surface area contributed by atoms with Gasteiger partial charge in [-0.25, -0.2) is 0 Å². The highest BCUT2D eigenvalue weighted by Gasteiger charge is 2.12. The minimum Gasteiger partial charge on any atom is -0.493 e. The molecule has 3 aromatic rings. The lowest BCUT2D eigenvalue weighted by Gasteiger charge is -2.13. The molecule has 0 spiro atoms. The van der Waals surface area contributed by atoms with Crippen LogP contribution in [0, 0.1) is 18.3 Å². The molecule has 0 aromatic heterocycles. The normalized spacial score (nSPS) is 10.3. The number of aryl methyl sites for hydroxylation is 1. The summed E-state index contributed by atoms with van der Waals surface area (Å²) < 4.78 is 11.4. The Bertz CT molecular complexity index is 984. The van der Waals surface area contributed by atoms with Gasteiger partial charge in [-0.15, -0.1) is 0 Å². The summed E-state index contributed by atoms with van der Waals surface area (Å²) in [5.41, 5.74) is 2.62. The number of halogens is 1. The van der Waals surface area contributed by atoms with Gasteiger partial charge in [-0.05, 0) is 48.4 Å². The van der Waals surface area contributed by atoms with Crippen molar-refractivity contribution < 1.29 is 9.47 Å². The van der Waals surface area contributed by atoms with E-state index in [0.717, 1.165) is 20.9 Å². The van der Waals surface area contributed by atoms with Crippen molar-refractivity contribution >= 4 is 23.4 Å². The number of methoxy groups -OCH3 is 1. The Morgan fingerprint density at radius 1 is 1.04 bits per heavy atom. The molecule has 0 unspecified atom stereocenters. The highest BCUT2D eigenvalue weighted by Crippen LogP contribution is 2.39. The SMILES string of the molecule is COc1cc(Sc2c(C)cc(Cl)cc2C#N)ccc1OCc1ccccc1. The number of rotatable bonds is 6. The van der Waals surface area contributed by atoms with Crippen LogP contribution in [0.1, 0.15) is 16.7 Å². The van der Waals surface area contributed by atoms with Gasteiger partial charge in [-0.1, -0.05) is 53.7 Å². The van der Waals surface area contributed by atoms with E-state index in [-0.39, 0.29) is 0 Å². The Balaban J connectivity index is 1.82. The minimum absolute atomic E-state index is 0.471. The van der Waals surface area contributed by atoms with E-state index in [1.807, 2.05) is 61.5 Å². The number of ether oxygens (including phenoxy) is 2. The topological polar surface area (TPSA) is 42.2 Å². The predicted molar refractivity (Wildman–Crippen MR) is 109 cm³/mol. The summed E-state index contributed by atoms with van der Waals surface area (Å²) in [6.45, 7) is 2.42. The average Bonchev–Trinajstić information content (AvgIpc) is 2.69. The molecule has 0 bridgehead atoms. The van der Waals surface area contributed by atoms with Crippen molar-refractivity contribution in [1.29, 1.82) is 5.26 Å². The first kappa shape index (κ1) is 19.2. The third-order valence-electron chi connectivity index (χ3n) is 3.95. The molecule has 0 saturated heterocycles. The van der Waals surface area contributed by atoms with Gasteiger partial charge < -0.3 is 9.47 Å². The molecule has 0 saturated carbocycles. The monoisotopic (exact) mass is 395 g/mol. The molecule has 0 N–H and O–H groups in total. The second kappa shape index (κ2) is 8.85. The van der Waals surface area contributed by atoms with E-state index in [1.165, 1.54) is 11.8 Å². The second-order valence-electron chi connectivity index (χ2n) is 5.90. The summed E-state index contributed by atoms with van der Waals surface area (Å²) in [6.07, 6.45) is 0. The van der Waals surface area contributed by atoms with Crippen LogP contribution in [-0.2, 0) is 6.61 Å². The Kier molecular flexibility index (Phi) is 6.28. The van der Waals surface area contributed by atoms with Crippen LogP contribution in [0.4, 0.5) is 0 Å². The molecule has 0 atom stereocenters. The van der Waals surface area contributed by atoms with Gasteiger partial charge in [0, 0.05) is 14.8 Å². The van der Waals surface area contributed by atoms with E-state index >= 15 is 0 Å². The Labute approximate surface area is 168 Å². The fraction of sp³-hybridized carbons (Fsp3) is 0.136. The van der Waals surface area contributed by atoms with Crippen molar-refractivity contribution in [2.45, 2.75) is 23.3 Å². The van der Waals surface area contributed by atoms with Crippen molar-refractivity contribution in [3.63, 3.8) is 0 Å². The Morgan fingerprint density at radius 3 is 2.52 bits per heavy atom. The number of benzene rings is 3. The molecule has 3 rings (SSSR count). The van der Waals surface area contributed by atoms with E-state index < -0.39 is 0 Å². The number of nitriles is 1. The second-order valence-corrected chi connectivity index (χ2v) is 7.42. The van der Waals surface area contributed by atoms with Crippen LogP contribution in [0.25, 0.3) is 0 Å². The molecule has 0 aliphatic carbocycles. The molecule has 0 radical (unpaired) electrons. The van der Waals surface area contributed by atoms with E-state index in [1.54, 1.807) is 13.2 Å². The van der Waals surface area contributed by atoms with Gasteiger partial charge in [-0.3, -0.25) is 0 Å². The van der Waals surface area contributed by atoms with Crippen molar-refractivity contribution in [2.75, 3.05) is 7.11 Å². The van der Waals surface area contributed by atoms with Crippen molar-refractivity contribution in [3.8, 4) is 17.6 Å². The molecule has 136 valence electrons. The summed E-state index contributed by atoms with van der Waals surface area (Å²) in [5.74, 6) is 1.33. The number of nitrogens with zero attached hydrogens (tertiary/aromatic N) is 1. The van der Waals surface area contributed by atoms with Gasteiger partial charge in [0.15, 0.2) is 11.5 Å². The summed E-state index contributed by atoms with van der Waals surface area (Å²) in [7, 11) is 1.62. The van der Waals surface area contributed by atoms with Gasteiger partial charge in [0.2, 0.25) is 0 Å². The third kappa shape index (κ3) is 4.77. The lowest BCUT2D eigenvalue weighted by molar-refractivity contribution is 0.284. The highest BCUT2D eigenvalue weighted by molar-refractivity contribution is 7.99. The van der Waals surface area contributed by atoms with Crippen molar-refractivity contribution in [2.24, 2.45) is 0 Å². The first-order chi connectivity index (χ1) is 13.1. The minimum atomic E-state index is 0.471. The van der Waals surface area contributed by atoms with E-state index in [2.05, 4.69) is 6.07 Å². The molecule has 5 heteroatoms. The molecule has 27 heavy (non-hydrogen) atoms.